The number of esters is 1. The van der Waals surface area contributed by atoms with Gasteiger partial charge in [-0.3, -0.25) is 9.59 Å². The number of carbonyl (C=O) groups is 3. The average Bonchev–Trinajstić information content (AvgIpc) is 2.75. The summed E-state index contributed by atoms with van der Waals surface area (Å²) >= 11 is 0. The molecule has 0 saturated heterocycles. The van der Waals surface area contributed by atoms with Gasteiger partial charge < -0.3 is 20.1 Å². The smallest absolute Gasteiger partial charge is 0.408 e. The second kappa shape index (κ2) is 12.2. The summed E-state index contributed by atoms with van der Waals surface area (Å²) in [5, 5.41) is 5.47. The molecule has 2 amide bonds. The summed E-state index contributed by atoms with van der Waals surface area (Å²) in [7, 11) is 0. The second-order valence-electron chi connectivity index (χ2n) is 10.9. The largest absolute Gasteiger partial charge is 0.463 e. The zero-order chi connectivity index (χ0) is 25.5. The van der Waals surface area contributed by atoms with Gasteiger partial charge in [-0.1, -0.05) is 57.5 Å². The number of benzene rings is 1. The van der Waals surface area contributed by atoms with Crippen molar-refractivity contribution in [3.05, 3.63) is 35.9 Å². The van der Waals surface area contributed by atoms with Crippen LogP contribution in [0.25, 0.3) is 0 Å². The molecular weight excluding hydrogens is 432 g/mol. The summed E-state index contributed by atoms with van der Waals surface area (Å²) in [6.07, 6.45) is 2.34. The average molecular weight is 475 g/mol. The maximum absolute atomic E-state index is 13.1. The monoisotopic (exact) mass is 474 g/mol. The van der Waals surface area contributed by atoms with Crippen molar-refractivity contribution < 1.29 is 23.9 Å². The highest BCUT2D eigenvalue weighted by atomic mass is 16.6. The van der Waals surface area contributed by atoms with Crippen LogP contribution in [0.1, 0.15) is 79.3 Å². The highest BCUT2D eigenvalue weighted by Gasteiger charge is 2.37. The Bertz CT molecular complexity index is 818. The first-order valence-electron chi connectivity index (χ1n) is 12.4. The van der Waals surface area contributed by atoms with E-state index in [9.17, 15) is 14.4 Å². The molecule has 34 heavy (non-hydrogen) atoms. The lowest BCUT2D eigenvalue weighted by Gasteiger charge is -2.36. The molecule has 0 bridgehead atoms. The lowest BCUT2D eigenvalue weighted by molar-refractivity contribution is -0.154. The van der Waals surface area contributed by atoms with E-state index in [1.807, 2.05) is 30.3 Å². The van der Waals surface area contributed by atoms with Crippen molar-refractivity contribution in [3.63, 3.8) is 0 Å². The minimum absolute atomic E-state index is 0.0312. The Hall–Kier alpha value is -2.57. The van der Waals surface area contributed by atoms with Crippen molar-refractivity contribution in [1.82, 2.24) is 10.6 Å². The molecule has 7 heteroatoms. The molecule has 0 aliphatic heterocycles. The summed E-state index contributed by atoms with van der Waals surface area (Å²) in [6.45, 7) is 13.4. The van der Waals surface area contributed by atoms with Crippen molar-refractivity contribution in [3.8, 4) is 0 Å². The number of carbonyl (C=O) groups excluding carboxylic acids is 3. The molecule has 0 heterocycles. The van der Waals surface area contributed by atoms with Gasteiger partial charge in [-0.15, -0.1) is 0 Å². The van der Waals surface area contributed by atoms with E-state index in [1.165, 1.54) is 0 Å². The fraction of sp³-hybridized carbons (Fsp3) is 0.667. The Balaban J connectivity index is 2.05. The van der Waals surface area contributed by atoms with Crippen molar-refractivity contribution in [2.45, 2.75) is 85.4 Å². The fourth-order valence-corrected chi connectivity index (χ4v) is 4.50. The molecule has 7 nitrogen and oxygen atoms in total. The minimum Gasteiger partial charge on any atom is -0.463 e. The normalized spacial score (nSPS) is 22.4. The van der Waals surface area contributed by atoms with Crippen LogP contribution >= 0.6 is 0 Å². The number of rotatable bonds is 8. The van der Waals surface area contributed by atoms with Gasteiger partial charge in [-0.2, -0.15) is 0 Å². The van der Waals surface area contributed by atoms with E-state index in [-0.39, 0.29) is 24.4 Å². The molecule has 0 radical (unpaired) electrons. The molecule has 0 unspecified atom stereocenters. The van der Waals surface area contributed by atoms with Crippen molar-refractivity contribution in [2.24, 2.45) is 23.7 Å². The highest BCUT2D eigenvalue weighted by molar-refractivity contribution is 5.85. The van der Waals surface area contributed by atoms with Gasteiger partial charge in [0.1, 0.15) is 18.2 Å². The van der Waals surface area contributed by atoms with E-state index in [4.69, 9.17) is 9.47 Å². The van der Waals surface area contributed by atoms with Crippen LogP contribution in [0.15, 0.2) is 30.3 Å². The van der Waals surface area contributed by atoms with Crippen molar-refractivity contribution in [1.29, 1.82) is 0 Å². The van der Waals surface area contributed by atoms with Crippen LogP contribution < -0.4 is 10.6 Å². The Morgan fingerprint density at radius 3 is 2.26 bits per heavy atom. The molecule has 1 fully saturated rings. The van der Waals surface area contributed by atoms with Gasteiger partial charge in [0.25, 0.3) is 0 Å². The third kappa shape index (κ3) is 8.65. The SMILES string of the molecule is CC(C)[C@@H]1CC[C@@H](C)C[C@H]1C(=O)OC[C@@H](NC(=O)[C@H](C)NC(=O)OC(C)(C)C)c1ccccc1. The topological polar surface area (TPSA) is 93.7 Å². The molecule has 1 aliphatic rings. The first kappa shape index (κ1) is 27.7. The van der Waals surface area contributed by atoms with E-state index >= 15 is 0 Å². The Morgan fingerprint density at radius 2 is 1.68 bits per heavy atom. The van der Waals surface area contributed by atoms with Crippen LogP contribution in [0.3, 0.4) is 0 Å². The lowest BCUT2D eigenvalue weighted by Crippen LogP contribution is -2.48. The molecule has 0 aromatic heterocycles. The molecule has 1 aromatic rings. The minimum atomic E-state index is -0.818. The van der Waals surface area contributed by atoms with E-state index < -0.39 is 23.8 Å². The number of hydrogen-bond donors (Lipinski definition) is 2. The molecule has 5 atom stereocenters. The molecule has 2 rings (SSSR count). The number of nitrogens with one attached hydrogen (secondary N) is 2. The molecular formula is C27H42N2O5. The summed E-state index contributed by atoms with van der Waals surface area (Å²) in [5.41, 5.74) is 0.163. The highest BCUT2D eigenvalue weighted by Crippen LogP contribution is 2.38. The molecule has 1 saturated carbocycles. The van der Waals surface area contributed by atoms with Gasteiger partial charge in [-0.05, 0) is 63.9 Å². The van der Waals surface area contributed by atoms with Gasteiger partial charge >= 0.3 is 12.1 Å². The van der Waals surface area contributed by atoms with Crippen LogP contribution in [-0.4, -0.2) is 36.2 Å². The summed E-state index contributed by atoms with van der Waals surface area (Å²) in [5.74, 6) is 0.518. The third-order valence-electron chi connectivity index (χ3n) is 6.36. The molecule has 2 N–H and O–H groups in total. The van der Waals surface area contributed by atoms with E-state index in [2.05, 4.69) is 31.4 Å². The zero-order valence-corrected chi connectivity index (χ0v) is 21.7. The predicted molar refractivity (Wildman–Crippen MR) is 132 cm³/mol. The quantitative estimate of drug-likeness (QED) is 0.517. The van der Waals surface area contributed by atoms with Crippen molar-refractivity contribution >= 4 is 18.0 Å². The Morgan fingerprint density at radius 1 is 1.03 bits per heavy atom. The number of amides is 2. The standard InChI is InChI=1S/C27H42N2O5/c1-17(2)21-14-13-18(3)15-22(21)25(31)33-16-23(20-11-9-8-10-12-20)29-24(30)19(4)28-26(32)34-27(5,6)7/h8-12,17-19,21-23H,13-16H2,1-7H3,(H,28,32)(H,29,30)/t18-,19+,21+,22-,23-/m1/s1. The summed E-state index contributed by atoms with van der Waals surface area (Å²) < 4.78 is 11.0. The second-order valence-corrected chi connectivity index (χ2v) is 10.9. The van der Waals surface area contributed by atoms with E-state index in [0.29, 0.717) is 17.8 Å². The lowest BCUT2D eigenvalue weighted by atomic mass is 9.70. The summed E-state index contributed by atoms with van der Waals surface area (Å²) in [4.78, 5) is 38.0. The number of ether oxygens (including phenoxy) is 2. The maximum Gasteiger partial charge on any atom is 0.408 e. The van der Waals surface area contributed by atoms with E-state index in [0.717, 1.165) is 24.8 Å². The van der Waals surface area contributed by atoms with Crippen molar-refractivity contribution in [2.75, 3.05) is 6.61 Å². The number of alkyl carbamates (subject to hydrolysis) is 1. The van der Waals surface area contributed by atoms with Crippen LogP contribution in [-0.2, 0) is 19.1 Å². The van der Waals surface area contributed by atoms with Crippen LogP contribution in [0, 0.1) is 23.7 Å². The van der Waals surface area contributed by atoms with Crippen LogP contribution in [0.4, 0.5) is 4.79 Å². The van der Waals surface area contributed by atoms with E-state index in [1.54, 1.807) is 27.7 Å². The zero-order valence-electron chi connectivity index (χ0n) is 21.7. The van der Waals surface area contributed by atoms with Gasteiger partial charge in [0.2, 0.25) is 5.91 Å². The summed E-state index contributed by atoms with van der Waals surface area (Å²) in [6, 6.07) is 8.04. The van der Waals surface area contributed by atoms with Gasteiger partial charge in [0, 0.05) is 0 Å². The van der Waals surface area contributed by atoms with Gasteiger partial charge in [0.05, 0.1) is 12.0 Å². The third-order valence-corrected chi connectivity index (χ3v) is 6.36. The van der Waals surface area contributed by atoms with Crippen LogP contribution in [0.5, 0.6) is 0 Å². The Labute approximate surface area is 204 Å². The molecule has 1 aromatic carbocycles. The fourth-order valence-electron chi connectivity index (χ4n) is 4.50. The van der Waals surface area contributed by atoms with Gasteiger partial charge in [0.15, 0.2) is 0 Å². The predicted octanol–water partition coefficient (Wildman–Crippen LogP) is 5.01. The number of hydrogen-bond acceptors (Lipinski definition) is 5. The molecule has 1 aliphatic carbocycles. The van der Waals surface area contributed by atoms with Gasteiger partial charge in [-0.25, -0.2) is 4.79 Å². The van der Waals surface area contributed by atoms with Crippen LogP contribution in [0.2, 0.25) is 0 Å². The Kier molecular flexibility index (Phi) is 9.95. The molecule has 190 valence electrons. The first-order chi connectivity index (χ1) is 15.9. The maximum atomic E-state index is 13.1. The first-order valence-corrected chi connectivity index (χ1v) is 12.4. The molecule has 0 spiro atoms.